The van der Waals surface area contributed by atoms with Gasteiger partial charge in [0.15, 0.2) is 0 Å². The third kappa shape index (κ3) is 4.72. The van der Waals surface area contributed by atoms with E-state index >= 15 is 0 Å². The molecule has 9 heteroatoms. The second kappa shape index (κ2) is 8.46. The average Bonchev–Trinajstić information content (AvgIpc) is 2.76. The number of nitrogens with one attached hydrogen (secondary N) is 2. The van der Waals surface area contributed by atoms with E-state index in [0.717, 1.165) is 16.3 Å². The summed E-state index contributed by atoms with van der Waals surface area (Å²) in [7, 11) is -7.71. The smallest absolute Gasteiger partial charge is 0.261 e. The first-order valence-electron chi connectivity index (χ1n) is 9.55. The molecule has 0 saturated heterocycles. The van der Waals surface area contributed by atoms with Gasteiger partial charge in [0.2, 0.25) is 0 Å². The van der Waals surface area contributed by atoms with E-state index in [1.54, 1.807) is 24.3 Å². The Labute approximate surface area is 192 Å². The minimum Gasteiger partial charge on any atom is -0.280 e. The zero-order valence-corrected chi connectivity index (χ0v) is 19.3. The van der Waals surface area contributed by atoms with E-state index in [4.69, 9.17) is 11.6 Å². The molecule has 0 saturated carbocycles. The van der Waals surface area contributed by atoms with Crippen molar-refractivity contribution in [2.24, 2.45) is 0 Å². The Bertz CT molecular complexity index is 1520. The molecule has 0 unspecified atom stereocenters. The van der Waals surface area contributed by atoms with Gasteiger partial charge in [-0.15, -0.1) is 0 Å². The summed E-state index contributed by atoms with van der Waals surface area (Å²) in [6.45, 7) is 1.82. The van der Waals surface area contributed by atoms with Gasteiger partial charge in [0.25, 0.3) is 20.0 Å². The molecule has 0 aliphatic heterocycles. The summed E-state index contributed by atoms with van der Waals surface area (Å²) in [5.74, 6) is 0. The molecule has 2 N–H and O–H groups in total. The van der Waals surface area contributed by atoms with Crippen LogP contribution in [0.4, 0.5) is 11.4 Å². The van der Waals surface area contributed by atoms with Crippen molar-refractivity contribution in [3.05, 3.63) is 95.5 Å². The number of halogens is 1. The van der Waals surface area contributed by atoms with E-state index in [0.29, 0.717) is 10.7 Å². The van der Waals surface area contributed by atoms with Gasteiger partial charge in [-0.1, -0.05) is 48.0 Å². The molecule has 32 heavy (non-hydrogen) atoms. The third-order valence-corrected chi connectivity index (χ3v) is 8.06. The van der Waals surface area contributed by atoms with Crippen LogP contribution in [0.2, 0.25) is 5.02 Å². The molecule has 0 amide bonds. The SMILES string of the molecule is Cc1ccc(NS(=O)(=O)c2ccc(NS(=O)(=O)c3ccc4ccccc4c3)cc2)cc1Cl. The Balaban J connectivity index is 1.54. The molecule has 0 radical (unpaired) electrons. The van der Waals surface area contributed by atoms with Crippen LogP contribution in [0, 0.1) is 6.92 Å². The van der Waals surface area contributed by atoms with Crippen molar-refractivity contribution in [2.75, 3.05) is 9.44 Å². The van der Waals surface area contributed by atoms with Crippen molar-refractivity contribution in [1.82, 2.24) is 0 Å². The van der Waals surface area contributed by atoms with E-state index in [9.17, 15) is 16.8 Å². The molecule has 4 aromatic carbocycles. The van der Waals surface area contributed by atoms with Gasteiger partial charge in [0, 0.05) is 10.7 Å². The van der Waals surface area contributed by atoms with Gasteiger partial charge < -0.3 is 0 Å². The minimum atomic E-state index is -3.87. The van der Waals surface area contributed by atoms with Crippen molar-refractivity contribution < 1.29 is 16.8 Å². The predicted molar refractivity (Wildman–Crippen MR) is 128 cm³/mol. The lowest BCUT2D eigenvalue weighted by Crippen LogP contribution is -2.14. The lowest BCUT2D eigenvalue weighted by molar-refractivity contribution is 0.600. The number of hydrogen-bond acceptors (Lipinski definition) is 4. The first kappa shape index (κ1) is 22.1. The molecule has 0 fully saturated rings. The molecule has 0 bridgehead atoms. The van der Waals surface area contributed by atoms with Crippen molar-refractivity contribution in [2.45, 2.75) is 16.7 Å². The van der Waals surface area contributed by atoms with Gasteiger partial charge in [0.1, 0.15) is 0 Å². The second-order valence-electron chi connectivity index (χ2n) is 7.21. The third-order valence-electron chi connectivity index (χ3n) is 4.87. The average molecular weight is 487 g/mol. The fourth-order valence-electron chi connectivity index (χ4n) is 3.12. The van der Waals surface area contributed by atoms with Crippen LogP contribution in [-0.4, -0.2) is 16.8 Å². The van der Waals surface area contributed by atoms with Crippen LogP contribution in [0.25, 0.3) is 10.8 Å². The van der Waals surface area contributed by atoms with Crippen LogP contribution in [0.15, 0.2) is 94.7 Å². The van der Waals surface area contributed by atoms with E-state index in [-0.39, 0.29) is 15.5 Å². The summed E-state index contributed by atoms with van der Waals surface area (Å²) < 4.78 is 55.8. The molecule has 0 spiro atoms. The summed E-state index contributed by atoms with van der Waals surface area (Å²) in [5.41, 5.74) is 1.41. The summed E-state index contributed by atoms with van der Waals surface area (Å²) in [5, 5.41) is 2.19. The molecule has 0 aromatic heterocycles. The van der Waals surface area contributed by atoms with E-state index in [1.165, 1.54) is 36.4 Å². The molecular weight excluding hydrogens is 468 g/mol. The van der Waals surface area contributed by atoms with Gasteiger partial charge in [-0.05, 0) is 71.8 Å². The maximum absolute atomic E-state index is 12.8. The van der Waals surface area contributed by atoms with Gasteiger partial charge in [0.05, 0.1) is 15.5 Å². The van der Waals surface area contributed by atoms with Crippen LogP contribution in [0.1, 0.15) is 5.56 Å². The first-order valence-corrected chi connectivity index (χ1v) is 12.9. The van der Waals surface area contributed by atoms with E-state index in [1.807, 2.05) is 31.2 Å². The molecule has 4 aromatic rings. The summed E-state index contributed by atoms with van der Waals surface area (Å²) in [6, 6.07) is 22.6. The van der Waals surface area contributed by atoms with Crippen LogP contribution < -0.4 is 9.44 Å². The lowest BCUT2D eigenvalue weighted by Gasteiger charge is -2.11. The van der Waals surface area contributed by atoms with E-state index in [2.05, 4.69) is 9.44 Å². The number of aryl methyl sites for hydroxylation is 1. The van der Waals surface area contributed by atoms with Crippen LogP contribution >= 0.6 is 11.6 Å². The number of anilines is 2. The quantitative estimate of drug-likeness (QED) is 0.381. The standard InChI is InChI=1S/C23H19ClN2O4S2/c1-16-6-8-20(15-23(16)24)26-31(27,28)21-12-9-19(10-13-21)25-32(29,30)22-11-7-17-4-2-3-5-18(17)14-22/h2-15,25-26H,1H3. The Morgan fingerprint density at radius 3 is 1.88 bits per heavy atom. The van der Waals surface area contributed by atoms with Crippen LogP contribution in [0.3, 0.4) is 0 Å². The predicted octanol–water partition coefficient (Wildman–Crippen LogP) is 5.40. The molecule has 0 aliphatic carbocycles. The normalized spacial score (nSPS) is 11.9. The largest absolute Gasteiger partial charge is 0.280 e. The van der Waals surface area contributed by atoms with Crippen molar-refractivity contribution in [1.29, 1.82) is 0 Å². The highest BCUT2D eigenvalue weighted by Gasteiger charge is 2.17. The lowest BCUT2D eigenvalue weighted by atomic mass is 10.1. The van der Waals surface area contributed by atoms with Gasteiger partial charge in [-0.25, -0.2) is 16.8 Å². The van der Waals surface area contributed by atoms with Gasteiger partial charge in [-0.2, -0.15) is 0 Å². The minimum absolute atomic E-state index is 0.0112. The second-order valence-corrected chi connectivity index (χ2v) is 11.0. The number of benzene rings is 4. The Hall–Kier alpha value is -3.07. The van der Waals surface area contributed by atoms with Crippen LogP contribution in [0.5, 0.6) is 0 Å². The monoisotopic (exact) mass is 486 g/mol. The summed E-state index contributed by atoms with van der Waals surface area (Å²) in [6.07, 6.45) is 0. The Kier molecular flexibility index (Phi) is 5.85. The summed E-state index contributed by atoms with van der Waals surface area (Å²) >= 11 is 6.05. The Morgan fingerprint density at radius 1 is 0.625 bits per heavy atom. The van der Waals surface area contributed by atoms with Gasteiger partial charge >= 0.3 is 0 Å². The van der Waals surface area contributed by atoms with Crippen molar-refractivity contribution >= 4 is 53.8 Å². The summed E-state index contributed by atoms with van der Waals surface area (Å²) in [4.78, 5) is 0.105. The molecular formula is C23H19ClN2O4S2. The first-order chi connectivity index (χ1) is 15.1. The fraction of sp³-hybridized carbons (Fsp3) is 0.0435. The zero-order valence-electron chi connectivity index (χ0n) is 16.9. The van der Waals surface area contributed by atoms with Crippen LogP contribution in [-0.2, 0) is 20.0 Å². The van der Waals surface area contributed by atoms with Gasteiger partial charge in [-0.3, -0.25) is 9.44 Å². The maximum atomic E-state index is 12.8. The molecule has 164 valence electrons. The molecule has 0 atom stereocenters. The molecule has 0 heterocycles. The zero-order chi connectivity index (χ0) is 22.9. The fourth-order valence-corrected chi connectivity index (χ4v) is 5.44. The number of hydrogen-bond donors (Lipinski definition) is 2. The number of rotatable bonds is 6. The Morgan fingerprint density at radius 2 is 1.19 bits per heavy atom. The van der Waals surface area contributed by atoms with E-state index < -0.39 is 20.0 Å². The molecule has 6 nitrogen and oxygen atoms in total. The number of sulfonamides is 2. The maximum Gasteiger partial charge on any atom is 0.261 e. The number of fused-ring (bicyclic) bond motifs is 1. The van der Waals surface area contributed by atoms with Crippen molar-refractivity contribution in [3.8, 4) is 0 Å². The highest BCUT2D eigenvalue weighted by atomic mass is 35.5. The van der Waals surface area contributed by atoms with Crippen molar-refractivity contribution in [3.63, 3.8) is 0 Å². The molecule has 0 aliphatic rings. The molecule has 4 rings (SSSR count). The topological polar surface area (TPSA) is 92.3 Å². The highest BCUT2D eigenvalue weighted by Crippen LogP contribution is 2.25. The highest BCUT2D eigenvalue weighted by molar-refractivity contribution is 7.93.